The van der Waals surface area contributed by atoms with Crippen LogP contribution in [0.4, 0.5) is 0 Å². The Labute approximate surface area is 163 Å². The van der Waals surface area contributed by atoms with Crippen LogP contribution in [0.3, 0.4) is 0 Å². The first-order valence-electron chi connectivity index (χ1n) is 10.5. The minimum atomic E-state index is 0.328. The zero-order chi connectivity index (χ0) is 18.9. The predicted molar refractivity (Wildman–Crippen MR) is 108 cm³/mol. The van der Waals surface area contributed by atoms with Gasteiger partial charge in [-0.3, -0.25) is 4.99 Å². The van der Waals surface area contributed by atoms with E-state index in [0.29, 0.717) is 12.2 Å². The predicted octanol–water partition coefficient (Wildman–Crippen LogP) is 3.37. The van der Waals surface area contributed by atoms with Gasteiger partial charge in [-0.05, 0) is 57.1 Å². The first kappa shape index (κ1) is 19.9. The van der Waals surface area contributed by atoms with E-state index < -0.39 is 0 Å². The van der Waals surface area contributed by atoms with Crippen LogP contribution in [0.2, 0.25) is 0 Å². The van der Waals surface area contributed by atoms with Crippen LogP contribution in [0.25, 0.3) is 0 Å². The highest BCUT2D eigenvalue weighted by molar-refractivity contribution is 5.79. The summed E-state index contributed by atoms with van der Waals surface area (Å²) in [7, 11) is 1.85. The Kier molecular flexibility index (Phi) is 7.75. The van der Waals surface area contributed by atoms with E-state index in [1.165, 1.54) is 24.8 Å². The number of hydrogen-bond acceptors (Lipinski definition) is 4. The van der Waals surface area contributed by atoms with E-state index in [1.807, 2.05) is 19.3 Å². The van der Waals surface area contributed by atoms with Crippen molar-refractivity contribution in [1.29, 1.82) is 0 Å². The maximum Gasteiger partial charge on any atom is 0.213 e. The topological polar surface area (TPSA) is 59.0 Å². The molecule has 0 atom stereocenters. The monoisotopic (exact) mass is 374 g/mol. The van der Waals surface area contributed by atoms with E-state index in [2.05, 4.69) is 33.2 Å². The molecule has 0 radical (unpaired) electrons. The van der Waals surface area contributed by atoms with Gasteiger partial charge in [-0.1, -0.05) is 6.42 Å². The molecule has 0 unspecified atom stereocenters. The fourth-order valence-corrected chi connectivity index (χ4v) is 3.96. The molecule has 2 heterocycles. The summed E-state index contributed by atoms with van der Waals surface area (Å²) in [5.74, 6) is 1.70. The van der Waals surface area contributed by atoms with E-state index in [4.69, 9.17) is 9.47 Å². The maximum atomic E-state index is 6.09. The number of nitrogens with zero attached hydrogens (tertiary/aromatic N) is 3. The molecule has 6 nitrogen and oxygen atoms in total. The summed E-state index contributed by atoms with van der Waals surface area (Å²) in [6.45, 7) is 5.55. The molecule has 2 fully saturated rings. The van der Waals surface area contributed by atoms with Crippen LogP contribution in [-0.4, -0.2) is 54.8 Å². The number of guanidine groups is 1. The number of pyridine rings is 1. The molecule has 0 amide bonds. The van der Waals surface area contributed by atoms with E-state index in [9.17, 15) is 0 Å². The molecule has 1 saturated heterocycles. The lowest BCUT2D eigenvalue weighted by molar-refractivity contribution is 0.0263. The average molecular weight is 375 g/mol. The molecule has 1 N–H and O–H groups in total. The minimum Gasteiger partial charge on any atom is -0.474 e. The van der Waals surface area contributed by atoms with Crippen molar-refractivity contribution in [3.63, 3.8) is 0 Å². The number of aromatic nitrogens is 1. The van der Waals surface area contributed by atoms with Gasteiger partial charge in [0.05, 0.1) is 6.10 Å². The van der Waals surface area contributed by atoms with Gasteiger partial charge in [-0.25, -0.2) is 4.98 Å². The lowest BCUT2D eigenvalue weighted by Crippen LogP contribution is -2.46. The van der Waals surface area contributed by atoms with Gasteiger partial charge in [0.25, 0.3) is 0 Å². The van der Waals surface area contributed by atoms with Crippen LogP contribution in [0.15, 0.2) is 23.3 Å². The lowest BCUT2D eigenvalue weighted by Gasteiger charge is -2.34. The minimum absolute atomic E-state index is 0.328. The molecule has 1 saturated carbocycles. The molecule has 1 aromatic rings. The highest BCUT2D eigenvalue weighted by atomic mass is 16.5. The van der Waals surface area contributed by atoms with Gasteiger partial charge in [0.1, 0.15) is 6.10 Å². The van der Waals surface area contributed by atoms with E-state index in [0.717, 1.165) is 63.8 Å². The van der Waals surface area contributed by atoms with Crippen molar-refractivity contribution in [2.45, 2.75) is 70.6 Å². The van der Waals surface area contributed by atoms with Gasteiger partial charge < -0.3 is 19.7 Å². The molecule has 0 bridgehead atoms. The second kappa shape index (κ2) is 10.5. The number of rotatable bonds is 6. The van der Waals surface area contributed by atoms with E-state index in [1.54, 1.807) is 0 Å². The molecular weight excluding hydrogens is 340 g/mol. The fraction of sp³-hybridized carbons (Fsp3) is 0.714. The van der Waals surface area contributed by atoms with Gasteiger partial charge in [0.15, 0.2) is 5.96 Å². The molecule has 0 aromatic carbocycles. The summed E-state index contributed by atoms with van der Waals surface area (Å²) in [6, 6.07) is 4.09. The Morgan fingerprint density at radius 2 is 1.96 bits per heavy atom. The molecule has 3 rings (SSSR count). The molecule has 6 heteroatoms. The molecule has 1 aromatic heterocycles. The van der Waals surface area contributed by atoms with E-state index >= 15 is 0 Å². The average Bonchev–Trinajstić information content (AvgIpc) is 2.71. The third kappa shape index (κ3) is 6.09. The third-order valence-corrected chi connectivity index (χ3v) is 5.45. The zero-order valence-electron chi connectivity index (χ0n) is 16.8. The SMILES string of the molecule is CCOC1CCN(C(=NC)NCc2ccnc(OC3CCCCC3)c2)CC1. The highest BCUT2D eigenvalue weighted by Crippen LogP contribution is 2.22. The Bertz CT molecular complexity index is 594. The second-order valence-electron chi connectivity index (χ2n) is 7.42. The number of nitrogens with one attached hydrogen (secondary N) is 1. The van der Waals surface area contributed by atoms with Crippen LogP contribution in [0.5, 0.6) is 5.88 Å². The number of aliphatic imine (C=N–C) groups is 1. The van der Waals surface area contributed by atoms with Gasteiger partial charge in [0.2, 0.25) is 5.88 Å². The fourth-order valence-electron chi connectivity index (χ4n) is 3.96. The molecule has 2 aliphatic rings. The van der Waals surface area contributed by atoms with Crippen LogP contribution in [0.1, 0.15) is 57.4 Å². The Morgan fingerprint density at radius 3 is 2.67 bits per heavy atom. The van der Waals surface area contributed by atoms with Crippen molar-refractivity contribution in [3.05, 3.63) is 23.9 Å². The number of hydrogen-bond donors (Lipinski definition) is 1. The molecular formula is C21H34N4O2. The van der Waals surface area contributed by atoms with Crippen LogP contribution in [0, 0.1) is 0 Å². The van der Waals surface area contributed by atoms with Gasteiger partial charge in [0, 0.05) is 45.6 Å². The summed E-state index contributed by atoms with van der Waals surface area (Å²) < 4.78 is 11.8. The highest BCUT2D eigenvalue weighted by Gasteiger charge is 2.21. The Morgan fingerprint density at radius 1 is 1.19 bits per heavy atom. The number of piperidine rings is 1. The maximum absolute atomic E-state index is 6.09. The van der Waals surface area contributed by atoms with Crippen LogP contribution < -0.4 is 10.1 Å². The normalized spacial score (nSPS) is 19.9. The summed E-state index contributed by atoms with van der Waals surface area (Å²) in [4.78, 5) is 11.2. The summed E-state index contributed by atoms with van der Waals surface area (Å²) >= 11 is 0. The standard InChI is InChI=1S/C21H34N4O2/c1-3-26-18-10-13-25(14-11-18)21(22-2)24-16-17-9-12-23-20(15-17)27-19-7-5-4-6-8-19/h9,12,15,18-19H,3-8,10-11,13-14,16H2,1-2H3,(H,22,24). The summed E-state index contributed by atoms with van der Waals surface area (Å²) in [5.41, 5.74) is 1.17. The van der Waals surface area contributed by atoms with Crippen molar-refractivity contribution in [2.75, 3.05) is 26.7 Å². The van der Waals surface area contributed by atoms with Crippen molar-refractivity contribution in [2.24, 2.45) is 4.99 Å². The summed E-state index contributed by atoms with van der Waals surface area (Å²) in [5, 5.41) is 3.48. The van der Waals surface area contributed by atoms with Crippen LogP contribution in [-0.2, 0) is 11.3 Å². The lowest BCUT2D eigenvalue weighted by atomic mass is 9.98. The molecule has 150 valence electrons. The first-order chi connectivity index (χ1) is 13.3. The quantitative estimate of drug-likeness (QED) is 0.611. The molecule has 1 aliphatic heterocycles. The zero-order valence-corrected chi connectivity index (χ0v) is 16.8. The van der Waals surface area contributed by atoms with Crippen molar-refractivity contribution < 1.29 is 9.47 Å². The third-order valence-electron chi connectivity index (χ3n) is 5.45. The largest absolute Gasteiger partial charge is 0.474 e. The van der Waals surface area contributed by atoms with Crippen molar-refractivity contribution in [3.8, 4) is 5.88 Å². The molecule has 1 aliphatic carbocycles. The van der Waals surface area contributed by atoms with Crippen LogP contribution >= 0.6 is 0 Å². The van der Waals surface area contributed by atoms with Crippen molar-refractivity contribution in [1.82, 2.24) is 15.2 Å². The smallest absolute Gasteiger partial charge is 0.213 e. The first-order valence-corrected chi connectivity index (χ1v) is 10.5. The number of ether oxygens (including phenoxy) is 2. The van der Waals surface area contributed by atoms with Gasteiger partial charge in [-0.15, -0.1) is 0 Å². The Balaban J connectivity index is 1.49. The Hall–Kier alpha value is -1.82. The second-order valence-corrected chi connectivity index (χ2v) is 7.42. The van der Waals surface area contributed by atoms with Crippen molar-refractivity contribution >= 4 is 5.96 Å². The molecule has 27 heavy (non-hydrogen) atoms. The van der Waals surface area contributed by atoms with Gasteiger partial charge >= 0.3 is 0 Å². The van der Waals surface area contributed by atoms with E-state index in [-0.39, 0.29) is 0 Å². The van der Waals surface area contributed by atoms with Gasteiger partial charge in [-0.2, -0.15) is 0 Å². The summed E-state index contributed by atoms with van der Waals surface area (Å²) in [6.07, 6.45) is 10.8. The molecule has 0 spiro atoms. The number of likely N-dealkylation sites (tertiary alicyclic amines) is 1.